The molecular formula is C12H17BrClN. The van der Waals surface area contributed by atoms with Gasteiger partial charge in [-0.1, -0.05) is 53.9 Å². The van der Waals surface area contributed by atoms with Crippen molar-refractivity contribution < 1.29 is 0 Å². The second-order valence-electron chi connectivity index (χ2n) is 3.91. The van der Waals surface area contributed by atoms with Crippen molar-refractivity contribution in [2.24, 2.45) is 5.73 Å². The molecule has 1 aromatic rings. The summed E-state index contributed by atoms with van der Waals surface area (Å²) in [5.41, 5.74) is 7.24. The van der Waals surface area contributed by atoms with Crippen LogP contribution < -0.4 is 5.73 Å². The largest absolute Gasteiger partial charge is 0.327 e. The van der Waals surface area contributed by atoms with Crippen LogP contribution in [0.2, 0.25) is 5.02 Å². The van der Waals surface area contributed by atoms with Crippen molar-refractivity contribution in [2.75, 3.05) is 0 Å². The molecule has 1 rings (SSSR count). The molecule has 0 fully saturated rings. The van der Waals surface area contributed by atoms with Gasteiger partial charge in [-0.25, -0.2) is 0 Å². The van der Waals surface area contributed by atoms with Gasteiger partial charge in [-0.05, 0) is 30.0 Å². The fraction of sp³-hybridized carbons (Fsp3) is 0.500. The summed E-state index contributed by atoms with van der Waals surface area (Å²) in [6, 6.07) is 6.17. The van der Waals surface area contributed by atoms with Gasteiger partial charge in [0.25, 0.3) is 0 Å². The highest BCUT2D eigenvalue weighted by Crippen LogP contribution is 2.29. The standard InChI is InChI=1S/C12H17BrClN/c1-3-4-12(15)8(2)10-6-5-9(13)7-11(10)14/h5-8,12H,3-4,15H2,1-2H3. The lowest BCUT2D eigenvalue weighted by Gasteiger charge is -2.20. The smallest absolute Gasteiger partial charge is 0.0452 e. The number of halogens is 2. The highest BCUT2D eigenvalue weighted by atomic mass is 79.9. The molecule has 0 radical (unpaired) electrons. The molecule has 0 amide bonds. The Morgan fingerprint density at radius 3 is 2.67 bits per heavy atom. The molecule has 1 aromatic carbocycles. The predicted octanol–water partition coefficient (Wildman–Crippen LogP) is 4.33. The van der Waals surface area contributed by atoms with Gasteiger partial charge < -0.3 is 5.73 Å². The first-order valence-corrected chi connectivity index (χ1v) is 6.44. The highest BCUT2D eigenvalue weighted by molar-refractivity contribution is 9.10. The van der Waals surface area contributed by atoms with Crippen molar-refractivity contribution in [2.45, 2.75) is 38.6 Å². The zero-order valence-electron chi connectivity index (χ0n) is 9.13. The van der Waals surface area contributed by atoms with E-state index >= 15 is 0 Å². The molecule has 2 unspecified atom stereocenters. The third-order valence-corrected chi connectivity index (χ3v) is 3.54. The lowest BCUT2D eigenvalue weighted by molar-refractivity contribution is 0.522. The van der Waals surface area contributed by atoms with Gasteiger partial charge in [0.1, 0.15) is 0 Å². The Hall–Kier alpha value is -0.0500. The van der Waals surface area contributed by atoms with E-state index in [9.17, 15) is 0 Å². The molecule has 0 spiro atoms. The van der Waals surface area contributed by atoms with Gasteiger partial charge in [0.05, 0.1) is 0 Å². The zero-order chi connectivity index (χ0) is 11.4. The van der Waals surface area contributed by atoms with Gasteiger partial charge in [0.2, 0.25) is 0 Å². The lowest BCUT2D eigenvalue weighted by atomic mass is 9.91. The molecule has 0 heterocycles. The molecule has 0 bridgehead atoms. The number of rotatable bonds is 4. The Bertz CT molecular complexity index is 327. The maximum Gasteiger partial charge on any atom is 0.0452 e. The Morgan fingerprint density at radius 2 is 2.13 bits per heavy atom. The molecule has 2 atom stereocenters. The van der Waals surface area contributed by atoms with Crippen LogP contribution >= 0.6 is 27.5 Å². The number of nitrogens with two attached hydrogens (primary N) is 1. The van der Waals surface area contributed by atoms with Crippen molar-refractivity contribution in [3.05, 3.63) is 33.3 Å². The summed E-state index contributed by atoms with van der Waals surface area (Å²) in [6.45, 7) is 4.28. The Morgan fingerprint density at radius 1 is 1.47 bits per heavy atom. The van der Waals surface area contributed by atoms with E-state index in [0.29, 0.717) is 5.92 Å². The van der Waals surface area contributed by atoms with E-state index < -0.39 is 0 Å². The van der Waals surface area contributed by atoms with Gasteiger partial charge in [0.15, 0.2) is 0 Å². The average Bonchev–Trinajstić information content (AvgIpc) is 2.17. The SMILES string of the molecule is CCCC(N)C(C)c1ccc(Br)cc1Cl. The molecule has 3 heteroatoms. The van der Waals surface area contributed by atoms with E-state index in [1.165, 1.54) is 0 Å². The van der Waals surface area contributed by atoms with Gasteiger partial charge in [-0.3, -0.25) is 0 Å². The number of hydrogen-bond donors (Lipinski definition) is 1. The predicted molar refractivity (Wildman–Crippen MR) is 70.5 cm³/mol. The maximum atomic E-state index is 6.18. The van der Waals surface area contributed by atoms with Crippen LogP contribution in [0.5, 0.6) is 0 Å². The van der Waals surface area contributed by atoms with Crippen LogP contribution in [-0.4, -0.2) is 6.04 Å². The highest BCUT2D eigenvalue weighted by Gasteiger charge is 2.16. The zero-order valence-corrected chi connectivity index (χ0v) is 11.5. The van der Waals surface area contributed by atoms with Crippen molar-refractivity contribution >= 4 is 27.5 Å². The van der Waals surface area contributed by atoms with E-state index in [1.54, 1.807) is 0 Å². The van der Waals surface area contributed by atoms with Crippen LogP contribution in [0.4, 0.5) is 0 Å². The van der Waals surface area contributed by atoms with E-state index in [0.717, 1.165) is 27.9 Å². The summed E-state index contributed by atoms with van der Waals surface area (Å²) in [4.78, 5) is 0. The third-order valence-electron chi connectivity index (χ3n) is 2.72. The molecule has 0 saturated carbocycles. The number of hydrogen-bond acceptors (Lipinski definition) is 1. The molecule has 0 saturated heterocycles. The van der Waals surface area contributed by atoms with Crippen LogP contribution in [0, 0.1) is 0 Å². The second kappa shape index (κ2) is 5.88. The number of benzene rings is 1. The fourth-order valence-electron chi connectivity index (χ4n) is 1.68. The molecule has 15 heavy (non-hydrogen) atoms. The molecule has 0 aromatic heterocycles. The lowest BCUT2D eigenvalue weighted by Crippen LogP contribution is -2.26. The summed E-state index contributed by atoms with van der Waals surface area (Å²) < 4.78 is 1.01. The van der Waals surface area contributed by atoms with Crippen molar-refractivity contribution in [1.29, 1.82) is 0 Å². The van der Waals surface area contributed by atoms with Gasteiger partial charge in [-0.15, -0.1) is 0 Å². The van der Waals surface area contributed by atoms with Crippen molar-refractivity contribution in [1.82, 2.24) is 0 Å². The van der Waals surface area contributed by atoms with Crippen molar-refractivity contribution in [3.8, 4) is 0 Å². The first-order valence-electron chi connectivity index (χ1n) is 5.26. The van der Waals surface area contributed by atoms with E-state index in [-0.39, 0.29) is 6.04 Å². The summed E-state index contributed by atoms with van der Waals surface area (Å²) in [7, 11) is 0. The second-order valence-corrected chi connectivity index (χ2v) is 5.23. The minimum absolute atomic E-state index is 0.189. The van der Waals surface area contributed by atoms with E-state index in [2.05, 4.69) is 29.8 Å². The van der Waals surface area contributed by atoms with Gasteiger partial charge in [0, 0.05) is 15.5 Å². The van der Waals surface area contributed by atoms with Crippen LogP contribution in [-0.2, 0) is 0 Å². The first-order chi connectivity index (χ1) is 7.06. The molecule has 84 valence electrons. The van der Waals surface area contributed by atoms with Crippen LogP contribution in [0.1, 0.15) is 38.2 Å². The molecule has 0 aliphatic rings. The Balaban J connectivity index is 2.86. The summed E-state index contributed by atoms with van der Waals surface area (Å²) >= 11 is 9.58. The van der Waals surface area contributed by atoms with E-state index in [1.807, 2.05) is 18.2 Å². The molecular weight excluding hydrogens is 273 g/mol. The minimum atomic E-state index is 0.189. The van der Waals surface area contributed by atoms with Gasteiger partial charge >= 0.3 is 0 Å². The Labute approximate surface area is 105 Å². The van der Waals surface area contributed by atoms with Crippen LogP contribution in [0.3, 0.4) is 0 Å². The van der Waals surface area contributed by atoms with Crippen molar-refractivity contribution in [3.63, 3.8) is 0 Å². The molecule has 1 nitrogen and oxygen atoms in total. The first kappa shape index (κ1) is 13.0. The molecule has 2 N–H and O–H groups in total. The third kappa shape index (κ3) is 3.47. The van der Waals surface area contributed by atoms with Gasteiger partial charge in [-0.2, -0.15) is 0 Å². The van der Waals surface area contributed by atoms with E-state index in [4.69, 9.17) is 17.3 Å². The summed E-state index contributed by atoms with van der Waals surface area (Å²) in [6.07, 6.45) is 2.15. The van der Waals surface area contributed by atoms with Crippen LogP contribution in [0.25, 0.3) is 0 Å². The minimum Gasteiger partial charge on any atom is -0.327 e. The van der Waals surface area contributed by atoms with Crippen LogP contribution in [0.15, 0.2) is 22.7 Å². The molecule has 0 aliphatic heterocycles. The normalized spacial score (nSPS) is 15.0. The fourth-order valence-corrected chi connectivity index (χ4v) is 2.53. The summed E-state index contributed by atoms with van der Waals surface area (Å²) in [5.74, 6) is 0.311. The maximum absolute atomic E-state index is 6.18. The monoisotopic (exact) mass is 289 g/mol. The Kier molecular flexibility index (Phi) is 5.10. The topological polar surface area (TPSA) is 26.0 Å². The quantitative estimate of drug-likeness (QED) is 0.877. The summed E-state index contributed by atoms with van der Waals surface area (Å²) in [5, 5.41) is 0.795. The molecule has 0 aliphatic carbocycles. The average molecular weight is 291 g/mol.